The number of benzene rings is 1. The predicted molar refractivity (Wildman–Crippen MR) is 74.4 cm³/mol. The lowest BCUT2D eigenvalue weighted by atomic mass is 10.2. The van der Waals surface area contributed by atoms with Crippen LogP contribution in [-0.2, 0) is 23.9 Å². The third kappa shape index (κ3) is 2.88. The Morgan fingerprint density at radius 1 is 1.27 bits per heavy atom. The Hall–Kier alpha value is -2.57. The van der Waals surface area contributed by atoms with Gasteiger partial charge in [-0.15, -0.1) is 0 Å². The summed E-state index contributed by atoms with van der Waals surface area (Å²) in [6.45, 7) is 0.396. The van der Waals surface area contributed by atoms with Gasteiger partial charge in [0.2, 0.25) is 6.10 Å². The highest BCUT2D eigenvalue weighted by atomic mass is 16.6. The fourth-order valence-electron chi connectivity index (χ4n) is 2.40. The van der Waals surface area contributed by atoms with Gasteiger partial charge in [-0.2, -0.15) is 0 Å². The van der Waals surface area contributed by atoms with E-state index in [0.29, 0.717) is 17.9 Å². The van der Waals surface area contributed by atoms with Crippen LogP contribution in [0.1, 0.15) is 12.8 Å². The molecule has 2 aliphatic heterocycles. The number of para-hydroxylation sites is 2. The lowest BCUT2D eigenvalue weighted by Gasteiger charge is -2.29. The van der Waals surface area contributed by atoms with Crippen molar-refractivity contribution in [2.75, 3.05) is 24.7 Å². The molecule has 7 heteroatoms. The molecule has 1 fully saturated rings. The van der Waals surface area contributed by atoms with Crippen LogP contribution >= 0.6 is 0 Å². The minimum absolute atomic E-state index is 0.00382. The Morgan fingerprint density at radius 3 is 2.86 bits per heavy atom. The third-order valence-electron chi connectivity index (χ3n) is 3.51. The van der Waals surface area contributed by atoms with Crippen LogP contribution in [0.3, 0.4) is 0 Å². The predicted octanol–water partition coefficient (Wildman–Crippen LogP) is 0.661. The second-order valence-electron chi connectivity index (χ2n) is 4.99. The maximum atomic E-state index is 11.9. The average Bonchev–Trinajstić information content (AvgIpc) is 2.91. The zero-order valence-corrected chi connectivity index (χ0v) is 11.8. The molecule has 0 N–H and O–H groups in total. The summed E-state index contributed by atoms with van der Waals surface area (Å²) in [5.74, 6) is -0.650. The lowest BCUT2D eigenvalue weighted by molar-refractivity contribution is -0.160. The number of hydrogen-bond acceptors (Lipinski definition) is 6. The summed E-state index contributed by atoms with van der Waals surface area (Å²) in [7, 11) is 0. The second-order valence-corrected chi connectivity index (χ2v) is 4.99. The van der Waals surface area contributed by atoms with E-state index in [0.717, 1.165) is 0 Å². The number of nitrogens with zero attached hydrogens (tertiary/aromatic N) is 1. The summed E-state index contributed by atoms with van der Waals surface area (Å²) in [6, 6.07) is 7.13. The van der Waals surface area contributed by atoms with Gasteiger partial charge in [0.05, 0.1) is 18.7 Å². The Kier molecular flexibility index (Phi) is 3.95. The average molecular weight is 305 g/mol. The van der Waals surface area contributed by atoms with Crippen LogP contribution in [0.2, 0.25) is 0 Å². The van der Waals surface area contributed by atoms with E-state index in [-0.39, 0.29) is 32.1 Å². The molecule has 0 saturated carbocycles. The SMILES string of the molecule is O=C(CCN1C(=O)COc2ccccc21)O[C@H]1CCOC1=O. The van der Waals surface area contributed by atoms with Crippen LogP contribution in [0, 0.1) is 0 Å². The molecule has 0 spiro atoms. The number of carbonyl (C=O) groups is 3. The summed E-state index contributed by atoms with van der Waals surface area (Å²) < 4.78 is 15.1. The van der Waals surface area contributed by atoms with Crippen LogP contribution in [0.15, 0.2) is 24.3 Å². The van der Waals surface area contributed by atoms with Crippen LogP contribution in [-0.4, -0.2) is 43.7 Å². The van der Waals surface area contributed by atoms with Gasteiger partial charge in [0, 0.05) is 13.0 Å². The van der Waals surface area contributed by atoms with E-state index in [1.807, 2.05) is 6.07 Å². The standard InChI is InChI=1S/C15H15NO6/c17-13-9-21-11-4-2-1-3-10(11)16(13)7-5-14(18)22-12-6-8-20-15(12)19/h1-4,12H,5-9H2/t12-/m0/s1. The van der Waals surface area contributed by atoms with Gasteiger partial charge in [-0.3, -0.25) is 9.59 Å². The van der Waals surface area contributed by atoms with Crippen LogP contribution in [0.4, 0.5) is 5.69 Å². The summed E-state index contributed by atoms with van der Waals surface area (Å²) >= 11 is 0. The molecule has 2 aliphatic rings. The molecule has 2 heterocycles. The minimum Gasteiger partial charge on any atom is -0.482 e. The van der Waals surface area contributed by atoms with Crippen molar-refractivity contribution in [1.29, 1.82) is 0 Å². The molecule has 1 atom stereocenters. The zero-order chi connectivity index (χ0) is 15.5. The van der Waals surface area contributed by atoms with Gasteiger partial charge in [0.15, 0.2) is 6.61 Å². The van der Waals surface area contributed by atoms with Crippen molar-refractivity contribution >= 4 is 23.5 Å². The van der Waals surface area contributed by atoms with Gasteiger partial charge < -0.3 is 19.1 Å². The van der Waals surface area contributed by atoms with E-state index in [4.69, 9.17) is 14.2 Å². The Labute approximate surface area is 126 Å². The van der Waals surface area contributed by atoms with E-state index in [2.05, 4.69) is 0 Å². The van der Waals surface area contributed by atoms with Gasteiger partial charge in [-0.25, -0.2) is 4.79 Å². The molecule has 22 heavy (non-hydrogen) atoms. The molecular formula is C15H15NO6. The summed E-state index contributed by atoms with van der Waals surface area (Å²) in [5, 5.41) is 0. The van der Waals surface area contributed by atoms with E-state index < -0.39 is 18.0 Å². The molecule has 1 aromatic rings. The Balaban J connectivity index is 1.60. The molecule has 1 saturated heterocycles. The Morgan fingerprint density at radius 2 is 2.09 bits per heavy atom. The quantitative estimate of drug-likeness (QED) is 0.760. The number of fused-ring (bicyclic) bond motifs is 1. The first-order valence-electron chi connectivity index (χ1n) is 7.03. The van der Waals surface area contributed by atoms with Gasteiger partial charge in [0.1, 0.15) is 5.75 Å². The smallest absolute Gasteiger partial charge is 0.347 e. The number of amides is 1. The molecule has 0 aliphatic carbocycles. The fraction of sp³-hybridized carbons (Fsp3) is 0.400. The zero-order valence-electron chi connectivity index (χ0n) is 11.8. The number of hydrogen-bond donors (Lipinski definition) is 0. The summed E-state index contributed by atoms with van der Waals surface area (Å²) in [6.07, 6.45) is -0.437. The van der Waals surface area contributed by atoms with Crippen molar-refractivity contribution in [2.24, 2.45) is 0 Å². The number of rotatable bonds is 4. The van der Waals surface area contributed by atoms with Crippen molar-refractivity contribution in [3.05, 3.63) is 24.3 Å². The molecule has 116 valence electrons. The van der Waals surface area contributed by atoms with E-state index >= 15 is 0 Å². The number of esters is 2. The summed E-state index contributed by atoms with van der Waals surface area (Å²) in [4.78, 5) is 36.5. The first-order valence-corrected chi connectivity index (χ1v) is 7.03. The third-order valence-corrected chi connectivity index (χ3v) is 3.51. The van der Waals surface area contributed by atoms with Crippen molar-refractivity contribution in [3.63, 3.8) is 0 Å². The van der Waals surface area contributed by atoms with E-state index in [9.17, 15) is 14.4 Å². The first kappa shape index (κ1) is 14.4. The monoisotopic (exact) mass is 305 g/mol. The van der Waals surface area contributed by atoms with Crippen LogP contribution < -0.4 is 9.64 Å². The minimum atomic E-state index is -0.819. The van der Waals surface area contributed by atoms with Crippen molar-refractivity contribution in [2.45, 2.75) is 18.9 Å². The summed E-state index contributed by atoms with van der Waals surface area (Å²) in [5.41, 5.74) is 0.631. The number of ether oxygens (including phenoxy) is 3. The molecule has 1 aromatic carbocycles. The highest BCUT2D eigenvalue weighted by Crippen LogP contribution is 2.31. The highest BCUT2D eigenvalue weighted by Gasteiger charge is 2.31. The van der Waals surface area contributed by atoms with Crippen molar-refractivity contribution < 1.29 is 28.6 Å². The molecule has 0 radical (unpaired) electrons. The Bertz CT molecular complexity index is 614. The van der Waals surface area contributed by atoms with E-state index in [1.165, 1.54) is 4.90 Å². The van der Waals surface area contributed by atoms with Gasteiger partial charge in [-0.1, -0.05) is 12.1 Å². The molecule has 3 rings (SSSR count). The van der Waals surface area contributed by atoms with Gasteiger partial charge >= 0.3 is 11.9 Å². The largest absolute Gasteiger partial charge is 0.482 e. The molecule has 0 bridgehead atoms. The molecule has 7 nitrogen and oxygen atoms in total. The maximum absolute atomic E-state index is 11.9. The van der Waals surface area contributed by atoms with Crippen molar-refractivity contribution in [3.8, 4) is 5.75 Å². The number of anilines is 1. The number of cyclic esters (lactones) is 1. The maximum Gasteiger partial charge on any atom is 0.347 e. The highest BCUT2D eigenvalue weighted by molar-refractivity contribution is 5.98. The van der Waals surface area contributed by atoms with Gasteiger partial charge in [-0.05, 0) is 12.1 Å². The molecule has 0 unspecified atom stereocenters. The second kappa shape index (κ2) is 6.05. The normalized spacial score (nSPS) is 20.2. The van der Waals surface area contributed by atoms with Crippen molar-refractivity contribution in [1.82, 2.24) is 0 Å². The lowest BCUT2D eigenvalue weighted by Crippen LogP contribution is -2.40. The number of carbonyl (C=O) groups excluding carboxylic acids is 3. The molecule has 0 aromatic heterocycles. The first-order chi connectivity index (χ1) is 10.6. The van der Waals surface area contributed by atoms with Gasteiger partial charge in [0.25, 0.3) is 5.91 Å². The van der Waals surface area contributed by atoms with Crippen LogP contribution in [0.5, 0.6) is 5.75 Å². The fourth-order valence-corrected chi connectivity index (χ4v) is 2.40. The van der Waals surface area contributed by atoms with Crippen LogP contribution in [0.25, 0.3) is 0 Å². The molecule has 1 amide bonds. The molecular weight excluding hydrogens is 290 g/mol. The van der Waals surface area contributed by atoms with E-state index in [1.54, 1.807) is 18.2 Å². The topological polar surface area (TPSA) is 82.1 Å².